The predicted octanol–water partition coefficient (Wildman–Crippen LogP) is 4.84. The summed E-state index contributed by atoms with van der Waals surface area (Å²) in [4.78, 5) is 24.1. The van der Waals surface area contributed by atoms with Crippen LogP contribution in [-0.4, -0.2) is 17.9 Å². The molecule has 0 aromatic heterocycles. The number of esters is 1. The van der Waals surface area contributed by atoms with Crippen LogP contribution in [0.25, 0.3) is 6.08 Å². The Balaban J connectivity index is 1.94. The van der Waals surface area contributed by atoms with Crippen molar-refractivity contribution >= 4 is 33.8 Å². The first-order valence-corrected chi connectivity index (χ1v) is 8.56. The number of halogens is 1. The van der Waals surface area contributed by atoms with Crippen LogP contribution in [0.5, 0.6) is 0 Å². The van der Waals surface area contributed by atoms with Gasteiger partial charge in [0.1, 0.15) is 0 Å². The standard InChI is InChI=1S/C20H19BrO3/c1-3-15-4-9-17(10-5-15)20(23)14(2)24-19(22)13-8-16-6-11-18(21)12-7-16/h4-14H,3H2,1-2H3/b13-8+/t14-/m1/s1. The first-order valence-electron chi connectivity index (χ1n) is 7.77. The lowest BCUT2D eigenvalue weighted by molar-refractivity contribution is -0.140. The van der Waals surface area contributed by atoms with Gasteiger partial charge in [-0.3, -0.25) is 4.79 Å². The second-order valence-electron chi connectivity index (χ2n) is 5.38. The summed E-state index contributed by atoms with van der Waals surface area (Å²) in [5.74, 6) is -0.744. The molecule has 124 valence electrons. The first kappa shape index (κ1) is 18.1. The summed E-state index contributed by atoms with van der Waals surface area (Å²) in [6.07, 6.45) is 3.08. The zero-order valence-corrected chi connectivity index (χ0v) is 15.2. The number of hydrogen-bond acceptors (Lipinski definition) is 3. The van der Waals surface area contributed by atoms with Crippen molar-refractivity contribution in [1.29, 1.82) is 0 Å². The number of carbonyl (C=O) groups excluding carboxylic acids is 2. The minimum Gasteiger partial charge on any atom is -0.451 e. The van der Waals surface area contributed by atoms with Crippen LogP contribution < -0.4 is 0 Å². The molecule has 2 rings (SSSR count). The van der Waals surface area contributed by atoms with Crippen LogP contribution in [0.1, 0.15) is 35.3 Å². The number of benzene rings is 2. The molecule has 24 heavy (non-hydrogen) atoms. The summed E-state index contributed by atoms with van der Waals surface area (Å²) in [7, 11) is 0. The van der Waals surface area contributed by atoms with E-state index in [2.05, 4.69) is 22.9 Å². The highest BCUT2D eigenvalue weighted by Crippen LogP contribution is 2.12. The second-order valence-corrected chi connectivity index (χ2v) is 6.29. The smallest absolute Gasteiger partial charge is 0.331 e. The third-order valence-electron chi connectivity index (χ3n) is 3.59. The van der Waals surface area contributed by atoms with Gasteiger partial charge in [-0.25, -0.2) is 4.79 Å². The Labute approximate surface area is 150 Å². The van der Waals surface area contributed by atoms with E-state index in [0.717, 1.165) is 22.0 Å². The number of rotatable bonds is 6. The average molecular weight is 387 g/mol. The number of ketones is 1. The zero-order chi connectivity index (χ0) is 17.5. The van der Waals surface area contributed by atoms with Crippen LogP contribution in [0.2, 0.25) is 0 Å². The Morgan fingerprint density at radius 2 is 1.71 bits per heavy atom. The van der Waals surface area contributed by atoms with Crippen molar-refractivity contribution in [2.75, 3.05) is 0 Å². The van der Waals surface area contributed by atoms with Crippen molar-refractivity contribution in [2.24, 2.45) is 0 Å². The molecular weight excluding hydrogens is 368 g/mol. The maximum atomic E-state index is 12.3. The molecule has 0 heterocycles. The molecule has 0 aliphatic carbocycles. The van der Waals surface area contributed by atoms with Gasteiger partial charge in [0.2, 0.25) is 5.78 Å². The molecule has 0 fully saturated rings. The Bertz CT molecular complexity index is 730. The van der Waals surface area contributed by atoms with E-state index >= 15 is 0 Å². The quantitative estimate of drug-likeness (QED) is 0.405. The SMILES string of the molecule is CCc1ccc(C(=O)[C@@H](C)OC(=O)/C=C/c2ccc(Br)cc2)cc1. The van der Waals surface area contributed by atoms with E-state index in [4.69, 9.17) is 4.74 Å². The van der Waals surface area contributed by atoms with Gasteiger partial charge in [0.25, 0.3) is 0 Å². The number of ether oxygens (including phenoxy) is 1. The molecule has 0 bridgehead atoms. The summed E-state index contributed by atoms with van der Waals surface area (Å²) < 4.78 is 6.15. The summed E-state index contributed by atoms with van der Waals surface area (Å²) >= 11 is 3.35. The highest BCUT2D eigenvalue weighted by molar-refractivity contribution is 9.10. The Kier molecular flexibility index (Phi) is 6.50. The zero-order valence-electron chi connectivity index (χ0n) is 13.7. The highest BCUT2D eigenvalue weighted by atomic mass is 79.9. The largest absolute Gasteiger partial charge is 0.451 e. The molecule has 2 aromatic carbocycles. The number of hydrogen-bond donors (Lipinski definition) is 0. The van der Waals surface area contributed by atoms with E-state index in [0.29, 0.717) is 5.56 Å². The van der Waals surface area contributed by atoms with Crippen LogP contribution in [0.3, 0.4) is 0 Å². The molecule has 2 aromatic rings. The molecule has 0 aliphatic heterocycles. The first-order chi connectivity index (χ1) is 11.5. The molecule has 0 amide bonds. The molecule has 3 nitrogen and oxygen atoms in total. The predicted molar refractivity (Wildman–Crippen MR) is 98.9 cm³/mol. The summed E-state index contributed by atoms with van der Waals surface area (Å²) in [5, 5.41) is 0. The number of aryl methyl sites for hydroxylation is 1. The van der Waals surface area contributed by atoms with Crippen molar-refractivity contribution < 1.29 is 14.3 Å². The average Bonchev–Trinajstić information content (AvgIpc) is 2.60. The Morgan fingerprint density at radius 3 is 2.29 bits per heavy atom. The van der Waals surface area contributed by atoms with Gasteiger partial charge in [-0.15, -0.1) is 0 Å². The van der Waals surface area contributed by atoms with Crippen LogP contribution in [-0.2, 0) is 16.0 Å². The molecule has 0 aliphatic rings. The van der Waals surface area contributed by atoms with Crippen LogP contribution in [0.15, 0.2) is 59.1 Å². The van der Waals surface area contributed by atoms with Crippen LogP contribution in [0, 0.1) is 0 Å². The van der Waals surface area contributed by atoms with Crippen LogP contribution in [0.4, 0.5) is 0 Å². The lowest BCUT2D eigenvalue weighted by Crippen LogP contribution is -2.23. The lowest BCUT2D eigenvalue weighted by Gasteiger charge is -2.11. The van der Waals surface area contributed by atoms with E-state index in [1.54, 1.807) is 25.1 Å². The van der Waals surface area contributed by atoms with Crippen LogP contribution >= 0.6 is 15.9 Å². The van der Waals surface area contributed by atoms with Crippen molar-refractivity contribution in [3.05, 3.63) is 75.8 Å². The fourth-order valence-electron chi connectivity index (χ4n) is 2.14. The van der Waals surface area contributed by atoms with Gasteiger partial charge in [0.05, 0.1) is 0 Å². The molecule has 1 atom stereocenters. The number of Topliss-reactive ketones (excluding diaryl/α,β-unsaturated/α-hetero) is 1. The summed E-state index contributed by atoms with van der Waals surface area (Å²) in [6, 6.07) is 14.9. The van der Waals surface area contributed by atoms with E-state index < -0.39 is 12.1 Å². The van der Waals surface area contributed by atoms with Crippen molar-refractivity contribution in [3.8, 4) is 0 Å². The van der Waals surface area contributed by atoms with Gasteiger partial charge in [0.15, 0.2) is 6.10 Å². The van der Waals surface area contributed by atoms with E-state index in [1.165, 1.54) is 6.08 Å². The summed E-state index contributed by atoms with van der Waals surface area (Å²) in [6.45, 7) is 3.64. The van der Waals surface area contributed by atoms with Gasteiger partial charge in [-0.05, 0) is 42.7 Å². The molecule has 4 heteroatoms. The summed E-state index contributed by atoms with van der Waals surface area (Å²) in [5.41, 5.74) is 2.59. The molecule has 0 spiro atoms. The fraction of sp³-hybridized carbons (Fsp3) is 0.200. The van der Waals surface area contributed by atoms with E-state index in [1.807, 2.05) is 36.4 Å². The molecular formula is C20H19BrO3. The van der Waals surface area contributed by atoms with E-state index in [9.17, 15) is 9.59 Å². The lowest BCUT2D eigenvalue weighted by atomic mass is 10.0. The monoisotopic (exact) mass is 386 g/mol. The molecule has 0 saturated carbocycles. The fourth-order valence-corrected chi connectivity index (χ4v) is 2.41. The van der Waals surface area contributed by atoms with Crippen molar-refractivity contribution in [2.45, 2.75) is 26.4 Å². The molecule has 0 unspecified atom stereocenters. The van der Waals surface area contributed by atoms with Gasteiger partial charge in [-0.1, -0.05) is 59.3 Å². The van der Waals surface area contributed by atoms with Gasteiger partial charge in [-0.2, -0.15) is 0 Å². The third-order valence-corrected chi connectivity index (χ3v) is 4.12. The maximum absolute atomic E-state index is 12.3. The third kappa shape index (κ3) is 5.17. The molecule has 0 N–H and O–H groups in total. The Morgan fingerprint density at radius 1 is 1.08 bits per heavy atom. The van der Waals surface area contributed by atoms with E-state index in [-0.39, 0.29) is 5.78 Å². The van der Waals surface area contributed by atoms with Crippen molar-refractivity contribution in [3.63, 3.8) is 0 Å². The highest BCUT2D eigenvalue weighted by Gasteiger charge is 2.18. The van der Waals surface area contributed by atoms with Gasteiger partial charge in [0, 0.05) is 16.1 Å². The minimum absolute atomic E-state index is 0.206. The second kappa shape index (κ2) is 8.60. The normalized spacial score (nSPS) is 12.1. The molecule has 0 saturated heterocycles. The van der Waals surface area contributed by atoms with Gasteiger partial charge >= 0.3 is 5.97 Å². The Hall–Kier alpha value is -2.20. The van der Waals surface area contributed by atoms with Gasteiger partial charge < -0.3 is 4.74 Å². The number of carbonyl (C=O) groups is 2. The minimum atomic E-state index is -0.820. The van der Waals surface area contributed by atoms with Crippen molar-refractivity contribution in [1.82, 2.24) is 0 Å². The molecule has 0 radical (unpaired) electrons. The maximum Gasteiger partial charge on any atom is 0.331 e. The topological polar surface area (TPSA) is 43.4 Å².